The minimum absolute atomic E-state index is 0.0524. The number of anilines is 1. The molecule has 1 aromatic heterocycles. The summed E-state index contributed by atoms with van der Waals surface area (Å²) in [4.78, 5) is 26.5. The van der Waals surface area contributed by atoms with E-state index in [4.69, 9.17) is 11.6 Å². The average molecular weight is 490 g/mol. The van der Waals surface area contributed by atoms with Crippen molar-refractivity contribution < 1.29 is 9.59 Å². The molecule has 1 N–H and O–H groups in total. The van der Waals surface area contributed by atoms with Crippen LogP contribution in [0.4, 0.5) is 5.69 Å². The second-order valence-corrected chi connectivity index (χ2v) is 8.41. The number of halogens is 2. The summed E-state index contributed by atoms with van der Waals surface area (Å²) in [6.45, 7) is 5.59. The molecule has 0 unspecified atom stereocenters. The molecular weight excluding hydrogens is 468 g/mol. The van der Waals surface area contributed by atoms with Gasteiger partial charge >= 0.3 is 0 Å². The van der Waals surface area contributed by atoms with Crippen molar-refractivity contribution in [1.82, 2.24) is 14.7 Å². The summed E-state index contributed by atoms with van der Waals surface area (Å²) in [6, 6.07) is 12.6. The number of benzene rings is 2. The Morgan fingerprint density at radius 3 is 2.37 bits per heavy atom. The molecular formula is C22H22BrClN4O2. The summed E-state index contributed by atoms with van der Waals surface area (Å²) in [5.74, 6) is -0.499. The maximum absolute atomic E-state index is 12.7. The minimum Gasteiger partial charge on any atom is -0.332 e. The Bertz CT molecular complexity index is 1110. The molecule has 0 saturated heterocycles. The number of rotatable bonds is 5. The number of amides is 2. The Morgan fingerprint density at radius 2 is 1.80 bits per heavy atom. The lowest BCUT2D eigenvalue weighted by molar-refractivity contribution is -0.116. The number of nitrogens with one attached hydrogen (secondary N) is 1. The molecule has 30 heavy (non-hydrogen) atoms. The molecule has 6 nitrogen and oxygen atoms in total. The highest BCUT2D eigenvalue weighted by Gasteiger charge is 2.17. The van der Waals surface area contributed by atoms with Gasteiger partial charge in [-0.2, -0.15) is 5.10 Å². The highest BCUT2D eigenvalue weighted by Crippen LogP contribution is 2.23. The molecule has 0 aliphatic carbocycles. The summed E-state index contributed by atoms with van der Waals surface area (Å²) in [7, 11) is 1.60. The van der Waals surface area contributed by atoms with E-state index in [9.17, 15) is 9.59 Å². The van der Waals surface area contributed by atoms with Crippen molar-refractivity contribution in [2.45, 2.75) is 20.8 Å². The van der Waals surface area contributed by atoms with E-state index in [1.165, 1.54) is 4.90 Å². The number of aryl methyl sites for hydroxylation is 2. The smallest absolute Gasteiger partial charge is 0.254 e. The number of carbonyl (C=O) groups excluding carboxylic acids is 2. The van der Waals surface area contributed by atoms with Crippen LogP contribution in [0.3, 0.4) is 0 Å². The predicted octanol–water partition coefficient (Wildman–Crippen LogP) is 4.92. The summed E-state index contributed by atoms with van der Waals surface area (Å²) in [6.07, 6.45) is 0. The first-order valence-corrected chi connectivity index (χ1v) is 10.5. The molecule has 3 aromatic rings. The van der Waals surface area contributed by atoms with Crippen LogP contribution in [0.5, 0.6) is 0 Å². The fraction of sp³-hybridized carbons (Fsp3) is 0.227. The Balaban J connectivity index is 1.66. The SMILES string of the molecule is Cc1cc(Br)ccc1NC(=O)CN(C)C(=O)c1ccc(-n2nc(C)c(Cl)c2C)cc1. The van der Waals surface area contributed by atoms with E-state index < -0.39 is 0 Å². The van der Waals surface area contributed by atoms with Crippen LogP contribution in [0.15, 0.2) is 46.9 Å². The first kappa shape index (κ1) is 22.1. The van der Waals surface area contributed by atoms with E-state index in [-0.39, 0.29) is 18.4 Å². The predicted molar refractivity (Wildman–Crippen MR) is 123 cm³/mol. The molecule has 1 heterocycles. The first-order valence-electron chi connectivity index (χ1n) is 9.31. The zero-order chi connectivity index (χ0) is 22.0. The van der Waals surface area contributed by atoms with Crippen LogP contribution < -0.4 is 5.32 Å². The molecule has 2 aromatic carbocycles. The van der Waals surface area contributed by atoms with Crippen LogP contribution >= 0.6 is 27.5 Å². The molecule has 0 spiro atoms. The van der Waals surface area contributed by atoms with Gasteiger partial charge in [-0.1, -0.05) is 27.5 Å². The summed E-state index contributed by atoms with van der Waals surface area (Å²) < 4.78 is 2.68. The Kier molecular flexibility index (Phi) is 6.63. The lowest BCUT2D eigenvalue weighted by Gasteiger charge is -2.18. The lowest BCUT2D eigenvalue weighted by Crippen LogP contribution is -2.35. The van der Waals surface area contributed by atoms with E-state index in [1.54, 1.807) is 23.9 Å². The third kappa shape index (κ3) is 4.74. The second kappa shape index (κ2) is 9.02. The Morgan fingerprint density at radius 1 is 1.13 bits per heavy atom. The van der Waals surface area contributed by atoms with Crippen molar-refractivity contribution in [1.29, 1.82) is 0 Å². The van der Waals surface area contributed by atoms with Crippen molar-refractivity contribution in [3.8, 4) is 5.69 Å². The van der Waals surface area contributed by atoms with Gasteiger partial charge in [0.05, 0.1) is 28.6 Å². The van der Waals surface area contributed by atoms with Gasteiger partial charge < -0.3 is 10.2 Å². The van der Waals surface area contributed by atoms with Gasteiger partial charge in [-0.15, -0.1) is 0 Å². The van der Waals surface area contributed by atoms with Gasteiger partial charge in [-0.3, -0.25) is 9.59 Å². The first-order chi connectivity index (χ1) is 14.2. The number of carbonyl (C=O) groups is 2. The standard InChI is InChI=1S/C22H22BrClN4O2/c1-13-11-17(23)7-10-19(13)25-20(29)12-27(4)22(30)16-5-8-18(9-6-16)28-15(3)21(24)14(2)26-28/h5-11H,12H2,1-4H3,(H,25,29). The van der Waals surface area contributed by atoms with E-state index in [2.05, 4.69) is 26.3 Å². The molecule has 2 amide bonds. The van der Waals surface area contributed by atoms with Crippen molar-refractivity contribution in [3.05, 3.63) is 74.5 Å². The van der Waals surface area contributed by atoms with Crippen LogP contribution in [-0.4, -0.2) is 40.1 Å². The van der Waals surface area contributed by atoms with Crippen molar-refractivity contribution in [3.63, 3.8) is 0 Å². The summed E-state index contributed by atoms with van der Waals surface area (Å²) >= 11 is 9.61. The average Bonchev–Trinajstić information content (AvgIpc) is 2.97. The van der Waals surface area contributed by atoms with Gasteiger partial charge in [0.1, 0.15) is 0 Å². The van der Waals surface area contributed by atoms with Crippen molar-refractivity contribution in [2.24, 2.45) is 0 Å². The molecule has 3 rings (SSSR count). The number of nitrogens with zero attached hydrogens (tertiary/aromatic N) is 3. The van der Waals surface area contributed by atoms with Gasteiger partial charge in [-0.25, -0.2) is 4.68 Å². The molecule has 0 atom stereocenters. The third-order valence-electron chi connectivity index (χ3n) is 4.75. The zero-order valence-electron chi connectivity index (χ0n) is 17.2. The number of hydrogen-bond acceptors (Lipinski definition) is 3. The molecule has 8 heteroatoms. The van der Waals surface area contributed by atoms with Gasteiger partial charge in [-0.05, 0) is 68.8 Å². The summed E-state index contributed by atoms with van der Waals surface area (Å²) in [5, 5.41) is 7.88. The van der Waals surface area contributed by atoms with E-state index in [0.717, 1.165) is 32.8 Å². The zero-order valence-corrected chi connectivity index (χ0v) is 19.5. The van der Waals surface area contributed by atoms with Gasteiger partial charge in [0.25, 0.3) is 5.91 Å². The monoisotopic (exact) mass is 488 g/mol. The van der Waals surface area contributed by atoms with Gasteiger partial charge in [0, 0.05) is 22.8 Å². The maximum Gasteiger partial charge on any atom is 0.254 e. The van der Waals surface area contributed by atoms with Crippen LogP contribution in [0.25, 0.3) is 5.69 Å². The van der Waals surface area contributed by atoms with Crippen LogP contribution in [0.2, 0.25) is 5.02 Å². The minimum atomic E-state index is -0.259. The quantitative estimate of drug-likeness (QED) is 0.553. The lowest BCUT2D eigenvalue weighted by atomic mass is 10.1. The fourth-order valence-corrected chi connectivity index (χ4v) is 3.68. The topological polar surface area (TPSA) is 67.2 Å². The van der Waals surface area contributed by atoms with E-state index >= 15 is 0 Å². The molecule has 0 bridgehead atoms. The van der Waals surface area contributed by atoms with Crippen molar-refractivity contribution >= 4 is 45.0 Å². The molecule has 0 aliphatic heterocycles. The Hall–Kier alpha value is -2.64. The molecule has 0 saturated carbocycles. The summed E-state index contributed by atoms with van der Waals surface area (Å²) in [5.41, 5.74) is 4.54. The fourth-order valence-electron chi connectivity index (χ4n) is 3.08. The molecule has 0 fully saturated rings. The van der Waals surface area contributed by atoms with Gasteiger partial charge in [0.2, 0.25) is 5.91 Å². The molecule has 0 aliphatic rings. The largest absolute Gasteiger partial charge is 0.332 e. The third-order valence-corrected chi connectivity index (χ3v) is 5.79. The molecule has 0 radical (unpaired) electrons. The second-order valence-electron chi connectivity index (χ2n) is 7.11. The van der Waals surface area contributed by atoms with E-state index in [1.807, 2.05) is 51.1 Å². The Labute approximate surface area is 189 Å². The van der Waals surface area contributed by atoms with Crippen molar-refractivity contribution in [2.75, 3.05) is 18.9 Å². The van der Waals surface area contributed by atoms with E-state index in [0.29, 0.717) is 10.6 Å². The number of aromatic nitrogens is 2. The number of likely N-dealkylation sites (N-methyl/N-ethyl adjacent to an activating group) is 1. The normalized spacial score (nSPS) is 10.7. The van der Waals surface area contributed by atoms with Crippen LogP contribution in [0.1, 0.15) is 27.3 Å². The van der Waals surface area contributed by atoms with Crippen LogP contribution in [-0.2, 0) is 4.79 Å². The number of hydrogen-bond donors (Lipinski definition) is 1. The highest BCUT2D eigenvalue weighted by molar-refractivity contribution is 9.10. The molecule has 156 valence electrons. The highest BCUT2D eigenvalue weighted by atomic mass is 79.9. The van der Waals surface area contributed by atoms with Gasteiger partial charge in [0.15, 0.2) is 0 Å². The van der Waals surface area contributed by atoms with Crippen LogP contribution in [0, 0.1) is 20.8 Å². The maximum atomic E-state index is 12.7.